The molecule has 0 atom stereocenters. The van der Waals surface area contributed by atoms with E-state index in [1.807, 2.05) is 0 Å². The summed E-state index contributed by atoms with van der Waals surface area (Å²) in [6, 6.07) is 16.7. The molecule has 0 amide bonds. The minimum Gasteiger partial charge on any atom is -0.454 e. The van der Waals surface area contributed by atoms with Crippen molar-refractivity contribution in [2.75, 3.05) is 6.79 Å². The standard InChI is InChI=1S/C24H13BrClNO6/c25-15-6-8-19(32-23(28)13-5-7-20-21(11-13)31-12-30-20)14(9-15)10-18-24(29)33-22(27-18)16-3-1-2-4-17(16)26/h1-11H,12H2. The zero-order valence-electron chi connectivity index (χ0n) is 16.7. The van der Waals surface area contributed by atoms with Crippen LogP contribution in [-0.4, -0.2) is 24.6 Å². The summed E-state index contributed by atoms with van der Waals surface area (Å²) in [6.07, 6.45) is 1.49. The topological polar surface area (TPSA) is 83.4 Å². The maximum Gasteiger partial charge on any atom is 0.363 e. The molecule has 2 aliphatic heterocycles. The lowest BCUT2D eigenvalue weighted by molar-refractivity contribution is -0.129. The van der Waals surface area contributed by atoms with Crippen molar-refractivity contribution in [2.24, 2.45) is 4.99 Å². The first-order valence-electron chi connectivity index (χ1n) is 9.67. The molecular formula is C24H13BrClNO6. The first-order chi connectivity index (χ1) is 16.0. The molecule has 0 unspecified atom stereocenters. The molecule has 3 aromatic carbocycles. The van der Waals surface area contributed by atoms with Crippen LogP contribution >= 0.6 is 27.5 Å². The highest BCUT2D eigenvalue weighted by molar-refractivity contribution is 9.10. The van der Waals surface area contributed by atoms with Crippen LogP contribution in [0.25, 0.3) is 6.08 Å². The van der Waals surface area contributed by atoms with Crippen LogP contribution in [-0.2, 0) is 9.53 Å². The van der Waals surface area contributed by atoms with Gasteiger partial charge in [-0.2, -0.15) is 0 Å². The van der Waals surface area contributed by atoms with Crippen LogP contribution in [0.2, 0.25) is 5.02 Å². The summed E-state index contributed by atoms with van der Waals surface area (Å²) in [6.45, 7) is 0.102. The lowest BCUT2D eigenvalue weighted by Crippen LogP contribution is -2.09. The molecule has 0 saturated carbocycles. The lowest BCUT2D eigenvalue weighted by atomic mass is 10.1. The molecule has 3 aromatic rings. The van der Waals surface area contributed by atoms with Gasteiger partial charge in [-0.05, 0) is 54.6 Å². The Morgan fingerprint density at radius 3 is 2.73 bits per heavy atom. The highest BCUT2D eigenvalue weighted by atomic mass is 79.9. The van der Waals surface area contributed by atoms with Gasteiger partial charge < -0.3 is 18.9 Å². The molecule has 0 N–H and O–H groups in total. The van der Waals surface area contributed by atoms with Crippen LogP contribution in [0, 0.1) is 0 Å². The molecule has 33 heavy (non-hydrogen) atoms. The molecule has 0 saturated heterocycles. The third-order valence-corrected chi connectivity index (χ3v) is 5.62. The number of carbonyl (C=O) groups is 2. The van der Waals surface area contributed by atoms with Crippen molar-refractivity contribution in [1.29, 1.82) is 0 Å². The van der Waals surface area contributed by atoms with Crippen LogP contribution in [0.4, 0.5) is 0 Å². The Labute approximate surface area is 201 Å². The van der Waals surface area contributed by atoms with Crippen molar-refractivity contribution >= 4 is 51.4 Å². The number of halogens is 2. The third kappa shape index (κ3) is 4.35. The maximum absolute atomic E-state index is 12.7. The molecule has 0 bridgehead atoms. The van der Waals surface area contributed by atoms with Crippen LogP contribution in [0.15, 0.2) is 75.8 Å². The number of carbonyl (C=O) groups excluding carboxylic acids is 2. The Hall–Kier alpha value is -3.62. The Morgan fingerprint density at radius 2 is 1.88 bits per heavy atom. The van der Waals surface area contributed by atoms with Crippen molar-refractivity contribution in [3.63, 3.8) is 0 Å². The van der Waals surface area contributed by atoms with Crippen LogP contribution in [0.3, 0.4) is 0 Å². The van der Waals surface area contributed by atoms with E-state index in [-0.39, 0.29) is 24.1 Å². The molecule has 2 aliphatic rings. The van der Waals surface area contributed by atoms with E-state index in [9.17, 15) is 9.59 Å². The fourth-order valence-electron chi connectivity index (χ4n) is 3.21. The summed E-state index contributed by atoms with van der Waals surface area (Å²) < 4.78 is 22.2. The highest BCUT2D eigenvalue weighted by Crippen LogP contribution is 2.34. The third-order valence-electron chi connectivity index (χ3n) is 4.80. The quantitative estimate of drug-likeness (QED) is 0.257. The van der Waals surface area contributed by atoms with E-state index >= 15 is 0 Å². The van der Waals surface area contributed by atoms with Gasteiger partial charge in [0.05, 0.1) is 16.1 Å². The first-order valence-corrected chi connectivity index (χ1v) is 10.8. The normalized spacial score (nSPS) is 15.4. The number of aliphatic imine (C=N–C) groups is 1. The number of rotatable bonds is 4. The largest absolute Gasteiger partial charge is 0.454 e. The average Bonchev–Trinajstić information content (AvgIpc) is 3.42. The number of benzene rings is 3. The highest BCUT2D eigenvalue weighted by Gasteiger charge is 2.26. The van der Waals surface area contributed by atoms with Crippen LogP contribution in [0.5, 0.6) is 17.2 Å². The van der Waals surface area contributed by atoms with Gasteiger partial charge >= 0.3 is 11.9 Å². The van der Waals surface area contributed by atoms with Gasteiger partial charge in [0, 0.05) is 10.0 Å². The molecule has 0 aromatic heterocycles. The number of esters is 2. The summed E-state index contributed by atoms with van der Waals surface area (Å²) in [4.78, 5) is 29.4. The minimum atomic E-state index is -0.641. The first kappa shape index (κ1) is 21.2. The van der Waals surface area contributed by atoms with Gasteiger partial charge in [0.1, 0.15) is 5.75 Å². The van der Waals surface area contributed by atoms with Crippen molar-refractivity contribution < 1.29 is 28.5 Å². The molecule has 9 heteroatoms. The lowest BCUT2D eigenvalue weighted by Gasteiger charge is -2.09. The molecule has 0 fully saturated rings. The van der Waals surface area contributed by atoms with E-state index in [1.165, 1.54) is 6.08 Å². The summed E-state index contributed by atoms with van der Waals surface area (Å²) in [5.74, 6) is 0.140. The molecule has 2 heterocycles. The Balaban J connectivity index is 1.45. The second-order valence-electron chi connectivity index (χ2n) is 6.96. The van der Waals surface area contributed by atoms with Crippen molar-refractivity contribution in [1.82, 2.24) is 0 Å². The van der Waals surface area contributed by atoms with Crippen molar-refractivity contribution in [2.45, 2.75) is 0 Å². The van der Waals surface area contributed by atoms with Gasteiger partial charge in [0.2, 0.25) is 12.7 Å². The van der Waals surface area contributed by atoms with Crippen LogP contribution in [0.1, 0.15) is 21.5 Å². The Bertz CT molecular complexity index is 1370. The fourth-order valence-corrected chi connectivity index (χ4v) is 3.81. The molecule has 0 spiro atoms. The van der Waals surface area contributed by atoms with Gasteiger partial charge in [-0.3, -0.25) is 0 Å². The van der Waals surface area contributed by atoms with Gasteiger partial charge in [-0.15, -0.1) is 0 Å². The van der Waals surface area contributed by atoms with Crippen LogP contribution < -0.4 is 14.2 Å². The Morgan fingerprint density at radius 1 is 1.06 bits per heavy atom. The van der Waals surface area contributed by atoms with E-state index in [0.717, 1.165) is 4.47 Å². The fraction of sp³-hybridized carbons (Fsp3) is 0.0417. The summed E-state index contributed by atoms with van der Waals surface area (Å²) in [7, 11) is 0. The van der Waals surface area contributed by atoms with Crippen molar-refractivity contribution in [3.8, 4) is 17.2 Å². The number of hydrogen-bond acceptors (Lipinski definition) is 7. The molecule has 0 radical (unpaired) electrons. The molecule has 7 nitrogen and oxygen atoms in total. The van der Waals surface area contributed by atoms with E-state index in [1.54, 1.807) is 60.7 Å². The van der Waals surface area contributed by atoms with E-state index in [2.05, 4.69) is 20.9 Å². The maximum atomic E-state index is 12.7. The SMILES string of the molecule is O=C1OC(c2ccccc2Cl)=NC1=Cc1cc(Br)ccc1OC(=O)c1ccc2c(c1)OCO2. The second-order valence-corrected chi connectivity index (χ2v) is 8.28. The zero-order chi connectivity index (χ0) is 22.9. The second kappa shape index (κ2) is 8.73. The van der Waals surface area contributed by atoms with Gasteiger partial charge in [0.25, 0.3) is 0 Å². The summed E-state index contributed by atoms with van der Waals surface area (Å²) in [5, 5.41) is 0.408. The molecule has 5 rings (SSSR count). The molecular weight excluding hydrogens is 514 g/mol. The molecule has 164 valence electrons. The van der Waals surface area contributed by atoms with Crippen molar-refractivity contribution in [3.05, 3.63) is 92.5 Å². The summed E-state index contributed by atoms with van der Waals surface area (Å²) >= 11 is 9.58. The zero-order valence-corrected chi connectivity index (χ0v) is 19.1. The number of fused-ring (bicyclic) bond motifs is 1. The number of ether oxygens (including phenoxy) is 4. The van der Waals surface area contributed by atoms with Gasteiger partial charge in [-0.1, -0.05) is 39.7 Å². The minimum absolute atomic E-state index is 0.0448. The smallest absolute Gasteiger partial charge is 0.363 e. The summed E-state index contributed by atoms with van der Waals surface area (Å²) in [5.41, 5.74) is 1.29. The van der Waals surface area contributed by atoms with E-state index in [4.69, 9.17) is 30.5 Å². The van der Waals surface area contributed by atoms with Gasteiger partial charge in [-0.25, -0.2) is 14.6 Å². The van der Waals surface area contributed by atoms with Gasteiger partial charge in [0.15, 0.2) is 17.2 Å². The van der Waals surface area contributed by atoms with E-state index < -0.39 is 11.9 Å². The predicted molar refractivity (Wildman–Crippen MR) is 124 cm³/mol. The molecule has 0 aliphatic carbocycles. The average molecular weight is 527 g/mol. The number of cyclic esters (lactones) is 1. The Kier molecular flexibility index (Phi) is 5.62. The number of hydrogen-bond donors (Lipinski definition) is 0. The monoisotopic (exact) mass is 525 g/mol. The van der Waals surface area contributed by atoms with E-state index in [0.29, 0.717) is 33.2 Å². The predicted octanol–water partition coefficient (Wildman–Crippen LogP) is 5.39. The number of nitrogens with zero attached hydrogens (tertiary/aromatic N) is 1.